The van der Waals surface area contributed by atoms with Crippen molar-refractivity contribution in [3.8, 4) is 0 Å². The van der Waals surface area contributed by atoms with Gasteiger partial charge in [-0.3, -0.25) is 0 Å². The fourth-order valence-electron chi connectivity index (χ4n) is 2.11. The van der Waals surface area contributed by atoms with Crippen molar-refractivity contribution < 1.29 is 15.0 Å². The summed E-state index contributed by atoms with van der Waals surface area (Å²) >= 11 is 0. The molecule has 0 bridgehead atoms. The first-order valence-electron chi connectivity index (χ1n) is 5.41. The van der Waals surface area contributed by atoms with Crippen LogP contribution in [-0.2, 0) is 4.79 Å². The van der Waals surface area contributed by atoms with Gasteiger partial charge in [0.05, 0.1) is 6.10 Å². The van der Waals surface area contributed by atoms with Crippen LogP contribution in [0.25, 0.3) is 0 Å². The molecular weight excluding hydrogens is 206 g/mol. The van der Waals surface area contributed by atoms with E-state index in [1.54, 1.807) is 0 Å². The minimum atomic E-state index is -0.873. The van der Waals surface area contributed by atoms with E-state index in [1.165, 1.54) is 0 Å². The summed E-state index contributed by atoms with van der Waals surface area (Å²) < 4.78 is 0. The zero-order valence-electron chi connectivity index (χ0n) is 8.91. The van der Waals surface area contributed by atoms with Crippen molar-refractivity contribution in [2.24, 2.45) is 0 Å². The summed E-state index contributed by atoms with van der Waals surface area (Å²) in [4.78, 5) is 13.0. The Balaban J connectivity index is 2.22. The SMILES string of the molecule is O=C(O)C1CC(O)CCN1c1ccccc1. The van der Waals surface area contributed by atoms with Gasteiger partial charge >= 0.3 is 5.97 Å². The summed E-state index contributed by atoms with van der Waals surface area (Å²) in [6, 6.07) is 8.85. The maximum Gasteiger partial charge on any atom is 0.326 e. The molecule has 0 aromatic heterocycles. The molecular formula is C12H15NO3. The molecule has 2 rings (SSSR count). The Morgan fingerprint density at radius 1 is 1.31 bits per heavy atom. The normalized spacial score (nSPS) is 25.4. The van der Waals surface area contributed by atoms with Crippen LogP contribution in [0.1, 0.15) is 12.8 Å². The van der Waals surface area contributed by atoms with Gasteiger partial charge in [-0.1, -0.05) is 18.2 Å². The number of aliphatic carboxylic acids is 1. The first kappa shape index (κ1) is 11.0. The van der Waals surface area contributed by atoms with Gasteiger partial charge in [-0.2, -0.15) is 0 Å². The van der Waals surface area contributed by atoms with E-state index in [9.17, 15) is 9.90 Å². The Kier molecular flexibility index (Phi) is 3.10. The first-order valence-corrected chi connectivity index (χ1v) is 5.41. The third-order valence-corrected chi connectivity index (χ3v) is 2.95. The molecule has 0 aliphatic carbocycles. The van der Waals surface area contributed by atoms with E-state index >= 15 is 0 Å². The van der Waals surface area contributed by atoms with Gasteiger partial charge in [0.25, 0.3) is 0 Å². The second-order valence-corrected chi connectivity index (χ2v) is 4.06. The zero-order valence-corrected chi connectivity index (χ0v) is 8.91. The minimum Gasteiger partial charge on any atom is -0.480 e. The van der Waals surface area contributed by atoms with Crippen molar-refractivity contribution >= 4 is 11.7 Å². The Labute approximate surface area is 94.1 Å². The molecule has 1 fully saturated rings. The lowest BCUT2D eigenvalue weighted by atomic mass is 9.99. The van der Waals surface area contributed by atoms with Crippen molar-refractivity contribution in [1.29, 1.82) is 0 Å². The topological polar surface area (TPSA) is 60.8 Å². The number of aliphatic hydroxyl groups excluding tert-OH is 1. The monoisotopic (exact) mass is 221 g/mol. The van der Waals surface area contributed by atoms with E-state index in [0.29, 0.717) is 19.4 Å². The fourth-order valence-corrected chi connectivity index (χ4v) is 2.11. The molecule has 1 aliphatic rings. The number of anilines is 1. The summed E-state index contributed by atoms with van der Waals surface area (Å²) in [7, 11) is 0. The number of hydrogen-bond donors (Lipinski definition) is 2. The predicted octanol–water partition coefficient (Wildman–Crippen LogP) is 1.10. The molecule has 4 nitrogen and oxygen atoms in total. The fraction of sp³-hybridized carbons (Fsp3) is 0.417. The van der Waals surface area contributed by atoms with Crippen molar-refractivity contribution in [3.05, 3.63) is 30.3 Å². The maximum atomic E-state index is 11.1. The average molecular weight is 221 g/mol. The quantitative estimate of drug-likeness (QED) is 0.785. The van der Waals surface area contributed by atoms with Crippen LogP contribution in [0.4, 0.5) is 5.69 Å². The van der Waals surface area contributed by atoms with E-state index in [-0.39, 0.29) is 0 Å². The summed E-state index contributed by atoms with van der Waals surface area (Å²) in [6.45, 7) is 0.585. The van der Waals surface area contributed by atoms with Gasteiger partial charge in [-0.25, -0.2) is 4.79 Å². The van der Waals surface area contributed by atoms with Gasteiger partial charge < -0.3 is 15.1 Å². The molecule has 2 unspecified atom stereocenters. The standard InChI is InChI=1S/C12H15NO3/c14-10-6-7-13(11(8-10)12(15)16)9-4-2-1-3-5-9/h1-5,10-11,14H,6-8H2,(H,15,16). The minimum absolute atomic E-state index is 0.296. The molecule has 1 aromatic carbocycles. The summed E-state index contributed by atoms with van der Waals surface area (Å²) in [5.74, 6) is -0.873. The van der Waals surface area contributed by atoms with Crippen molar-refractivity contribution in [3.63, 3.8) is 0 Å². The molecule has 1 heterocycles. The number of carboxylic acid groups (broad SMARTS) is 1. The van der Waals surface area contributed by atoms with E-state index in [4.69, 9.17) is 5.11 Å². The summed E-state index contributed by atoms with van der Waals surface area (Å²) in [5, 5.41) is 18.6. The third-order valence-electron chi connectivity index (χ3n) is 2.95. The highest BCUT2D eigenvalue weighted by Crippen LogP contribution is 2.24. The van der Waals surface area contributed by atoms with Crippen LogP contribution in [0.5, 0.6) is 0 Å². The van der Waals surface area contributed by atoms with Crippen LogP contribution in [0.2, 0.25) is 0 Å². The molecule has 1 aromatic rings. The molecule has 4 heteroatoms. The highest BCUT2D eigenvalue weighted by atomic mass is 16.4. The second-order valence-electron chi connectivity index (χ2n) is 4.06. The van der Waals surface area contributed by atoms with Gasteiger partial charge in [-0.15, -0.1) is 0 Å². The number of benzene rings is 1. The number of carboxylic acids is 1. The molecule has 0 amide bonds. The number of nitrogens with zero attached hydrogens (tertiary/aromatic N) is 1. The Hall–Kier alpha value is -1.55. The lowest BCUT2D eigenvalue weighted by Crippen LogP contribution is -2.48. The van der Waals surface area contributed by atoms with Crippen LogP contribution in [-0.4, -0.2) is 34.9 Å². The van der Waals surface area contributed by atoms with E-state index in [0.717, 1.165) is 5.69 Å². The zero-order chi connectivity index (χ0) is 11.5. The maximum absolute atomic E-state index is 11.1. The van der Waals surface area contributed by atoms with Crippen molar-refractivity contribution in [2.45, 2.75) is 25.0 Å². The highest BCUT2D eigenvalue weighted by Gasteiger charge is 2.32. The molecule has 2 N–H and O–H groups in total. The lowest BCUT2D eigenvalue weighted by Gasteiger charge is -2.37. The molecule has 0 radical (unpaired) electrons. The molecule has 1 saturated heterocycles. The third kappa shape index (κ3) is 2.17. The molecule has 0 spiro atoms. The number of para-hydroxylation sites is 1. The summed E-state index contributed by atoms with van der Waals surface area (Å²) in [5.41, 5.74) is 0.904. The molecule has 16 heavy (non-hydrogen) atoms. The van der Waals surface area contributed by atoms with Gasteiger partial charge in [0.2, 0.25) is 0 Å². The van der Waals surface area contributed by atoms with E-state index < -0.39 is 18.1 Å². The molecule has 1 aliphatic heterocycles. The summed E-state index contributed by atoms with van der Waals surface area (Å²) in [6.07, 6.45) is 0.421. The molecule has 2 atom stereocenters. The molecule has 86 valence electrons. The van der Waals surface area contributed by atoms with E-state index in [2.05, 4.69) is 0 Å². The van der Waals surface area contributed by atoms with E-state index in [1.807, 2.05) is 35.2 Å². The van der Waals surface area contributed by atoms with Crippen LogP contribution in [0.15, 0.2) is 30.3 Å². The van der Waals surface area contributed by atoms with Crippen molar-refractivity contribution in [2.75, 3.05) is 11.4 Å². The van der Waals surface area contributed by atoms with Gasteiger partial charge in [0, 0.05) is 18.7 Å². The number of rotatable bonds is 2. The average Bonchev–Trinajstić information content (AvgIpc) is 2.30. The van der Waals surface area contributed by atoms with Crippen LogP contribution >= 0.6 is 0 Å². The van der Waals surface area contributed by atoms with Gasteiger partial charge in [-0.05, 0) is 18.6 Å². The lowest BCUT2D eigenvalue weighted by molar-refractivity contribution is -0.140. The Bertz CT molecular complexity index is 366. The van der Waals surface area contributed by atoms with Crippen LogP contribution in [0, 0.1) is 0 Å². The number of aliphatic hydroxyl groups is 1. The van der Waals surface area contributed by atoms with Gasteiger partial charge in [0.1, 0.15) is 6.04 Å². The number of hydrogen-bond acceptors (Lipinski definition) is 3. The van der Waals surface area contributed by atoms with Crippen LogP contribution in [0.3, 0.4) is 0 Å². The predicted molar refractivity (Wildman–Crippen MR) is 60.5 cm³/mol. The largest absolute Gasteiger partial charge is 0.480 e. The van der Waals surface area contributed by atoms with Gasteiger partial charge in [0.15, 0.2) is 0 Å². The smallest absolute Gasteiger partial charge is 0.326 e. The van der Waals surface area contributed by atoms with Crippen LogP contribution < -0.4 is 4.90 Å². The Morgan fingerprint density at radius 2 is 2.00 bits per heavy atom. The second kappa shape index (κ2) is 4.53. The highest BCUT2D eigenvalue weighted by molar-refractivity contribution is 5.78. The molecule has 0 saturated carbocycles. The number of carbonyl (C=O) groups is 1. The number of piperidine rings is 1. The Morgan fingerprint density at radius 3 is 2.62 bits per heavy atom. The first-order chi connectivity index (χ1) is 7.68. The van der Waals surface area contributed by atoms with Crippen molar-refractivity contribution in [1.82, 2.24) is 0 Å².